The van der Waals surface area contributed by atoms with Gasteiger partial charge >= 0.3 is 11.9 Å². The lowest BCUT2D eigenvalue weighted by Crippen LogP contribution is -2.42. The van der Waals surface area contributed by atoms with Gasteiger partial charge in [0.05, 0.1) is 0 Å². The zero-order valence-corrected chi connectivity index (χ0v) is 18.5. The average Bonchev–Trinajstić information content (AvgIpc) is 2.80. The largest absolute Gasteiger partial charge is 0.457 e. The minimum absolute atomic E-state index is 0.271. The van der Waals surface area contributed by atoms with Crippen LogP contribution in [0.25, 0.3) is 0 Å². The predicted molar refractivity (Wildman–Crippen MR) is 125 cm³/mol. The molecular formula is C26H22N2O6. The third-order valence-corrected chi connectivity index (χ3v) is 4.72. The molecule has 172 valence electrons. The van der Waals surface area contributed by atoms with E-state index in [0.717, 1.165) is 5.75 Å². The van der Waals surface area contributed by atoms with Crippen molar-refractivity contribution in [3.05, 3.63) is 96.2 Å². The Morgan fingerprint density at radius 2 is 1.47 bits per heavy atom. The van der Waals surface area contributed by atoms with E-state index in [2.05, 4.69) is 10.6 Å². The van der Waals surface area contributed by atoms with Crippen LogP contribution in [0, 0.1) is 0 Å². The number of cyclic esters (lactones) is 2. The summed E-state index contributed by atoms with van der Waals surface area (Å²) in [6.45, 7) is 2.94. The van der Waals surface area contributed by atoms with Gasteiger partial charge in [-0.15, -0.1) is 0 Å². The number of esters is 2. The average molecular weight is 458 g/mol. The van der Waals surface area contributed by atoms with Crippen LogP contribution in [0.3, 0.4) is 0 Å². The number of rotatable bonds is 6. The number of carbonyl (C=O) groups excluding carboxylic acids is 3. The molecule has 1 amide bonds. The highest BCUT2D eigenvalue weighted by Gasteiger charge is 2.38. The van der Waals surface area contributed by atoms with E-state index in [1.165, 1.54) is 20.0 Å². The summed E-state index contributed by atoms with van der Waals surface area (Å²) in [6.07, 6.45) is 1.20. The van der Waals surface area contributed by atoms with Crippen LogP contribution in [0.1, 0.15) is 24.2 Å². The van der Waals surface area contributed by atoms with E-state index in [0.29, 0.717) is 22.7 Å². The lowest BCUT2D eigenvalue weighted by molar-refractivity contribution is -0.222. The summed E-state index contributed by atoms with van der Waals surface area (Å²) in [5.41, 5.74) is 1.20. The quantitative estimate of drug-likeness (QED) is 0.309. The molecule has 0 unspecified atom stereocenters. The van der Waals surface area contributed by atoms with Crippen LogP contribution in [-0.4, -0.2) is 23.6 Å². The fourth-order valence-corrected chi connectivity index (χ4v) is 3.12. The molecule has 1 heterocycles. The Labute approximate surface area is 196 Å². The number of para-hydroxylation sites is 1. The molecule has 34 heavy (non-hydrogen) atoms. The first-order chi connectivity index (χ1) is 16.3. The Hall–Kier alpha value is -4.59. The number of carbonyl (C=O) groups is 3. The Morgan fingerprint density at radius 1 is 0.824 bits per heavy atom. The number of anilines is 2. The van der Waals surface area contributed by atoms with E-state index >= 15 is 0 Å². The summed E-state index contributed by atoms with van der Waals surface area (Å²) in [7, 11) is 0. The van der Waals surface area contributed by atoms with Crippen LogP contribution in [0.2, 0.25) is 0 Å². The smallest absolute Gasteiger partial charge is 0.350 e. The van der Waals surface area contributed by atoms with Crippen molar-refractivity contribution in [3.63, 3.8) is 0 Å². The van der Waals surface area contributed by atoms with Crippen molar-refractivity contribution < 1.29 is 28.6 Å². The normalized spacial score (nSPS) is 14.5. The fourth-order valence-electron chi connectivity index (χ4n) is 3.12. The minimum Gasteiger partial charge on any atom is -0.457 e. The van der Waals surface area contributed by atoms with Gasteiger partial charge in [-0.1, -0.05) is 24.3 Å². The molecular weight excluding hydrogens is 436 g/mol. The summed E-state index contributed by atoms with van der Waals surface area (Å²) in [4.78, 5) is 36.8. The maximum absolute atomic E-state index is 12.7. The standard InChI is InChI=1S/C26H22N2O6/c1-26(2)33-24(30)22(25(31)34-26)16-27-19-8-6-7-17(15-19)23(29)28-18-11-13-21(14-12-18)32-20-9-4-3-5-10-20/h3-16,27H,1-2H3,(H,28,29). The van der Waals surface area contributed by atoms with E-state index in [9.17, 15) is 14.4 Å². The van der Waals surface area contributed by atoms with Gasteiger partial charge in [-0.3, -0.25) is 4.79 Å². The van der Waals surface area contributed by atoms with Gasteiger partial charge in [0.25, 0.3) is 11.7 Å². The molecule has 0 atom stereocenters. The summed E-state index contributed by atoms with van der Waals surface area (Å²) in [5, 5.41) is 5.65. The van der Waals surface area contributed by atoms with Gasteiger partial charge in [0.1, 0.15) is 11.5 Å². The van der Waals surface area contributed by atoms with Crippen LogP contribution in [0.15, 0.2) is 90.6 Å². The lowest BCUT2D eigenvalue weighted by Gasteiger charge is -2.29. The van der Waals surface area contributed by atoms with Gasteiger partial charge in [0, 0.05) is 37.0 Å². The van der Waals surface area contributed by atoms with Gasteiger partial charge in [-0.25, -0.2) is 9.59 Å². The zero-order valence-electron chi connectivity index (χ0n) is 18.5. The van der Waals surface area contributed by atoms with Gasteiger partial charge in [0.2, 0.25) is 0 Å². The molecule has 3 aromatic rings. The fraction of sp³-hybridized carbons (Fsp3) is 0.115. The van der Waals surface area contributed by atoms with Crippen LogP contribution in [0.4, 0.5) is 11.4 Å². The molecule has 2 N–H and O–H groups in total. The Morgan fingerprint density at radius 3 is 2.15 bits per heavy atom. The van der Waals surface area contributed by atoms with Gasteiger partial charge in [-0.2, -0.15) is 0 Å². The number of benzene rings is 3. The number of nitrogens with one attached hydrogen (secondary N) is 2. The van der Waals surface area contributed by atoms with Crippen molar-refractivity contribution in [1.82, 2.24) is 0 Å². The highest BCUT2D eigenvalue weighted by molar-refractivity contribution is 6.15. The molecule has 3 aromatic carbocycles. The minimum atomic E-state index is -1.31. The second-order valence-corrected chi connectivity index (χ2v) is 7.86. The molecule has 0 aromatic heterocycles. The molecule has 0 spiro atoms. The van der Waals surface area contributed by atoms with Crippen LogP contribution < -0.4 is 15.4 Å². The molecule has 1 fully saturated rings. The second-order valence-electron chi connectivity index (χ2n) is 7.86. The van der Waals surface area contributed by atoms with E-state index < -0.39 is 17.7 Å². The zero-order chi connectivity index (χ0) is 24.1. The Balaban J connectivity index is 1.39. The third-order valence-electron chi connectivity index (χ3n) is 4.72. The molecule has 0 radical (unpaired) electrons. The SMILES string of the molecule is CC1(C)OC(=O)C(=CNc2cccc(C(=O)Nc3ccc(Oc4ccccc4)cc3)c2)C(=O)O1. The van der Waals surface area contributed by atoms with E-state index in [-0.39, 0.29) is 11.5 Å². The summed E-state index contributed by atoms with van der Waals surface area (Å²) >= 11 is 0. The monoisotopic (exact) mass is 458 g/mol. The topological polar surface area (TPSA) is 103 Å². The van der Waals surface area contributed by atoms with Crippen molar-refractivity contribution in [2.45, 2.75) is 19.6 Å². The van der Waals surface area contributed by atoms with Crippen LogP contribution >= 0.6 is 0 Å². The molecule has 0 aliphatic carbocycles. The van der Waals surface area contributed by atoms with Crippen molar-refractivity contribution in [2.24, 2.45) is 0 Å². The van der Waals surface area contributed by atoms with Gasteiger partial charge in [-0.05, 0) is 54.6 Å². The molecule has 0 bridgehead atoms. The number of amides is 1. The molecule has 0 saturated carbocycles. The maximum atomic E-state index is 12.7. The number of hydrogen-bond acceptors (Lipinski definition) is 7. The molecule has 1 saturated heterocycles. The highest BCUT2D eigenvalue weighted by atomic mass is 16.7. The third kappa shape index (κ3) is 5.60. The highest BCUT2D eigenvalue weighted by Crippen LogP contribution is 2.24. The first-order valence-corrected chi connectivity index (χ1v) is 10.5. The van der Waals surface area contributed by atoms with Gasteiger partial charge in [0.15, 0.2) is 5.57 Å². The van der Waals surface area contributed by atoms with E-state index in [4.69, 9.17) is 14.2 Å². The van der Waals surface area contributed by atoms with Gasteiger partial charge < -0.3 is 24.8 Å². The molecule has 4 rings (SSSR count). The molecule has 8 heteroatoms. The predicted octanol–water partition coefficient (Wildman–Crippen LogP) is 4.86. The first-order valence-electron chi connectivity index (χ1n) is 10.5. The van der Waals surface area contributed by atoms with Crippen molar-refractivity contribution in [1.29, 1.82) is 0 Å². The van der Waals surface area contributed by atoms with Crippen LogP contribution in [-0.2, 0) is 19.1 Å². The van der Waals surface area contributed by atoms with Crippen molar-refractivity contribution >= 4 is 29.2 Å². The van der Waals surface area contributed by atoms with E-state index in [1.807, 2.05) is 30.3 Å². The van der Waals surface area contributed by atoms with Crippen LogP contribution in [0.5, 0.6) is 11.5 Å². The van der Waals surface area contributed by atoms with Crippen molar-refractivity contribution in [2.75, 3.05) is 10.6 Å². The van der Waals surface area contributed by atoms with Crippen molar-refractivity contribution in [3.8, 4) is 11.5 Å². The maximum Gasteiger partial charge on any atom is 0.350 e. The lowest BCUT2D eigenvalue weighted by atomic mass is 10.1. The summed E-state index contributed by atoms with van der Waals surface area (Å²) in [6, 6.07) is 23.0. The summed E-state index contributed by atoms with van der Waals surface area (Å²) < 4.78 is 15.9. The second kappa shape index (κ2) is 9.50. The number of ether oxygens (including phenoxy) is 3. The Bertz CT molecular complexity index is 1230. The molecule has 1 aliphatic heterocycles. The number of hydrogen-bond donors (Lipinski definition) is 2. The molecule has 1 aliphatic rings. The molecule has 8 nitrogen and oxygen atoms in total. The summed E-state index contributed by atoms with van der Waals surface area (Å²) in [5.74, 6) is -1.85. The first kappa shape index (κ1) is 22.6. The van der Waals surface area contributed by atoms with E-state index in [1.54, 1.807) is 48.5 Å². The Kier molecular flexibility index (Phi) is 6.31.